The van der Waals surface area contributed by atoms with Gasteiger partial charge in [0.1, 0.15) is 5.54 Å². The minimum atomic E-state index is -1.33. The minimum Gasteiger partial charge on any atom is -0.378 e. The molecular weight excluding hydrogens is 296 g/mol. The molecule has 118 valence electrons. The van der Waals surface area contributed by atoms with E-state index in [2.05, 4.69) is 37.1 Å². The van der Waals surface area contributed by atoms with Crippen LogP contribution in [0.4, 0.5) is 4.79 Å². The maximum atomic E-state index is 12.5. The molecule has 0 aromatic heterocycles. The molecule has 6 heteroatoms. The molecule has 2 saturated heterocycles. The molecule has 1 N–H and O–H groups in total. The number of urea groups is 1. The molecule has 0 saturated carbocycles. The highest BCUT2D eigenvalue weighted by atomic mass is 28.3. The summed E-state index contributed by atoms with van der Waals surface area (Å²) >= 11 is 0. The number of imide groups is 1. The zero-order chi connectivity index (χ0) is 16.0. The fourth-order valence-corrected chi connectivity index (χ4v) is 4.11. The summed E-state index contributed by atoms with van der Waals surface area (Å²) in [6.45, 7) is 8.00. The van der Waals surface area contributed by atoms with E-state index in [1.807, 2.05) is 12.1 Å². The van der Waals surface area contributed by atoms with E-state index in [0.717, 1.165) is 5.56 Å². The van der Waals surface area contributed by atoms with Crippen molar-refractivity contribution in [2.75, 3.05) is 13.2 Å². The van der Waals surface area contributed by atoms with Gasteiger partial charge in [-0.1, -0.05) is 49.1 Å². The number of nitrogens with one attached hydrogen (secondary N) is 1. The highest BCUT2D eigenvalue weighted by Crippen LogP contribution is 2.27. The molecule has 1 aromatic carbocycles. The number of amides is 3. The van der Waals surface area contributed by atoms with E-state index in [1.165, 1.54) is 10.1 Å². The van der Waals surface area contributed by atoms with Crippen LogP contribution in [0.25, 0.3) is 0 Å². The molecule has 5 nitrogen and oxygen atoms in total. The van der Waals surface area contributed by atoms with E-state index in [9.17, 15) is 9.59 Å². The Labute approximate surface area is 131 Å². The Balaban J connectivity index is 1.76. The second kappa shape index (κ2) is 5.21. The number of hydrogen-bond donors (Lipinski definition) is 1. The van der Waals surface area contributed by atoms with Gasteiger partial charge in [0.05, 0.1) is 21.2 Å². The third-order valence-electron chi connectivity index (χ3n) is 4.43. The average molecular weight is 318 g/mol. The van der Waals surface area contributed by atoms with Crippen molar-refractivity contribution in [1.29, 1.82) is 0 Å². The van der Waals surface area contributed by atoms with Crippen molar-refractivity contribution in [1.82, 2.24) is 10.2 Å². The van der Waals surface area contributed by atoms with Gasteiger partial charge in [0.25, 0.3) is 5.91 Å². The first-order valence-electron chi connectivity index (χ1n) is 7.63. The standard InChI is InChI=1S/C16H22N2O3Si/c1-22(2,3)13-6-4-12(5-7-13)10-18-14(19)16(17-15(18)20)8-9-21-11-16/h4-7H,8-11H2,1-3H3,(H,17,20)/t16-/m0/s1. The van der Waals surface area contributed by atoms with Gasteiger partial charge in [0.2, 0.25) is 0 Å². The maximum absolute atomic E-state index is 12.5. The van der Waals surface area contributed by atoms with Gasteiger partial charge >= 0.3 is 6.03 Å². The molecule has 0 unspecified atom stereocenters. The van der Waals surface area contributed by atoms with Crippen LogP contribution in [0.2, 0.25) is 19.6 Å². The fourth-order valence-electron chi connectivity index (χ4n) is 2.94. The summed E-state index contributed by atoms with van der Waals surface area (Å²) in [5, 5.41) is 4.17. The van der Waals surface area contributed by atoms with Crippen LogP contribution in [-0.4, -0.2) is 43.7 Å². The molecule has 22 heavy (non-hydrogen) atoms. The first-order chi connectivity index (χ1) is 10.3. The van der Waals surface area contributed by atoms with Crippen LogP contribution < -0.4 is 10.5 Å². The molecule has 1 aromatic rings. The van der Waals surface area contributed by atoms with Crippen molar-refractivity contribution >= 4 is 25.2 Å². The Morgan fingerprint density at radius 2 is 1.91 bits per heavy atom. The van der Waals surface area contributed by atoms with Gasteiger partial charge in [-0.15, -0.1) is 0 Å². The van der Waals surface area contributed by atoms with Crippen molar-refractivity contribution in [3.63, 3.8) is 0 Å². The zero-order valence-corrected chi connectivity index (χ0v) is 14.3. The number of rotatable bonds is 3. The highest BCUT2D eigenvalue weighted by Gasteiger charge is 2.53. The first-order valence-corrected chi connectivity index (χ1v) is 11.1. The number of carbonyl (C=O) groups is 2. The van der Waals surface area contributed by atoms with Crippen LogP contribution >= 0.6 is 0 Å². The molecular formula is C16H22N2O3Si. The van der Waals surface area contributed by atoms with Crippen LogP contribution in [0.5, 0.6) is 0 Å². The van der Waals surface area contributed by atoms with Crippen LogP contribution in [-0.2, 0) is 16.1 Å². The van der Waals surface area contributed by atoms with Gasteiger partial charge in [-0.25, -0.2) is 4.79 Å². The number of carbonyl (C=O) groups excluding carboxylic acids is 2. The topological polar surface area (TPSA) is 58.6 Å². The lowest BCUT2D eigenvalue weighted by molar-refractivity contribution is -0.131. The second-order valence-electron chi connectivity index (χ2n) is 7.15. The van der Waals surface area contributed by atoms with E-state index in [-0.39, 0.29) is 18.5 Å². The Morgan fingerprint density at radius 3 is 2.45 bits per heavy atom. The number of hydrogen-bond acceptors (Lipinski definition) is 3. The normalized spacial score (nSPS) is 25.1. The third kappa shape index (κ3) is 2.57. The molecule has 2 aliphatic heterocycles. The molecule has 2 fully saturated rings. The number of ether oxygens (including phenoxy) is 1. The van der Waals surface area contributed by atoms with E-state index >= 15 is 0 Å². The summed E-state index contributed by atoms with van der Waals surface area (Å²) in [6, 6.07) is 7.96. The number of benzene rings is 1. The van der Waals surface area contributed by atoms with E-state index in [0.29, 0.717) is 19.6 Å². The van der Waals surface area contributed by atoms with Crippen molar-refractivity contribution in [3.8, 4) is 0 Å². The lowest BCUT2D eigenvalue weighted by Crippen LogP contribution is -2.47. The third-order valence-corrected chi connectivity index (χ3v) is 6.49. The van der Waals surface area contributed by atoms with Crippen LogP contribution in [0.3, 0.4) is 0 Å². The minimum absolute atomic E-state index is 0.163. The molecule has 1 atom stereocenters. The van der Waals surface area contributed by atoms with Gasteiger partial charge in [-0.05, 0) is 5.56 Å². The Morgan fingerprint density at radius 1 is 1.23 bits per heavy atom. The molecule has 2 aliphatic rings. The predicted octanol–water partition coefficient (Wildman–Crippen LogP) is 1.44. The lowest BCUT2D eigenvalue weighted by Gasteiger charge is -2.19. The molecule has 2 heterocycles. The second-order valence-corrected chi connectivity index (χ2v) is 12.2. The molecule has 0 radical (unpaired) electrons. The van der Waals surface area contributed by atoms with Crippen LogP contribution in [0, 0.1) is 0 Å². The van der Waals surface area contributed by atoms with Crippen LogP contribution in [0.15, 0.2) is 24.3 Å². The van der Waals surface area contributed by atoms with Gasteiger partial charge in [-0.3, -0.25) is 9.69 Å². The Hall–Kier alpha value is -1.66. The quantitative estimate of drug-likeness (QED) is 0.678. The van der Waals surface area contributed by atoms with Crippen molar-refractivity contribution in [2.45, 2.75) is 38.1 Å². The summed E-state index contributed by atoms with van der Waals surface area (Å²) in [5.74, 6) is -0.163. The molecule has 0 aliphatic carbocycles. The van der Waals surface area contributed by atoms with Gasteiger partial charge in [-0.2, -0.15) is 0 Å². The molecule has 0 bridgehead atoms. The van der Waals surface area contributed by atoms with E-state index in [1.54, 1.807) is 0 Å². The maximum Gasteiger partial charge on any atom is 0.325 e. The monoisotopic (exact) mass is 318 g/mol. The Kier molecular flexibility index (Phi) is 3.61. The number of nitrogens with zero attached hydrogens (tertiary/aromatic N) is 1. The van der Waals surface area contributed by atoms with Gasteiger partial charge < -0.3 is 10.1 Å². The van der Waals surface area contributed by atoms with Crippen molar-refractivity contribution in [3.05, 3.63) is 29.8 Å². The molecule has 3 rings (SSSR count). The fraction of sp³-hybridized carbons (Fsp3) is 0.500. The molecule has 3 amide bonds. The van der Waals surface area contributed by atoms with Gasteiger partial charge in [0, 0.05) is 13.0 Å². The van der Waals surface area contributed by atoms with Crippen molar-refractivity contribution < 1.29 is 14.3 Å². The van der Waals surface area contributed by atoms with E-state index in [4.69, 9.17) is 4.74 Å². The lowest BCUT2D eigenvalue weighted by atomic mass is 9.99. The Bertz CT molecular complexity index is 601. The predicted molar refractivity (Wildman–Crippen MR) is 86.7 cm³/mol. The van der Waals surface area contributed by atoms with Gasteiger partial charge in [0.15, 0.2) is 0 Å². The van der Waals surface area contributed by atoms with E-state index < -0.39 is 13.6 Å². The zero-order valence-electron chi connectivity index (χ0n) is 13.3. The van der Waals surface area contributed by atoms with Crippen LogP contribution in [0.1, 0.15) is 12.0 Å². The SMILES string of the molecule is C[Si](C)(C)c1ccc(CN2C(=O)N[C@]3(CCOC3)C2=O)cc1. The smallest absolute Gasteiger partial charge is 0.325 e. The first kappa shape index (κ1) is 15.2. The summed E-state index contributed by atoms with van der Waals surface area (Å²) in [7, 11) is -1.33. The summed E-state index contributed by atoms with van der Waals surface area (Å²) < 4.78 is 5.30. The van der Waals surface area contributed by atoms with Crippen molar-refractivity contribution in [2.24, 2.45) is 0 Å². The molecule has 1 spiro atoms. The average Bonchev–Trinajstić information content (AvgIpc) is 3.00. The largest absolute Gasteiger partial charge is 0.378 e. The summed E-state index contributed by atoms with van der Waals surface area (Å²) in [6.07, 6.45) is 0.558. The highest BCUT2D eigenvalue weighted by molar-refractivity contribution is 6.88. The summed E-state index contributed by atoms with van der Waals surface area (Å²) in [4.78, 5) is 26.0. The summed E-state index contributed by atoms with van der Waals surface area (Å²) in [5.41, 5.74) is 0.150.